The van der Waals surface area contributed by atoms with E-state index in [-0.39, 0.29) is 6.04 Å². The molecule has 0 spiro atoms. The predicted octanol–water partition coefficient (Wildman–Crippen LogP) is 0.925. The number of rotatable bonds is 2. The first-order valence-electron chi connectivity index (χ1n) is 3.92. The molecule has 2 rings (SSSR count). The molecule has 5 heteroatoms. The van der Waals surface area contributed by atoms with Gasteiger partial charge in [0, 0.05) is 11.9 Å². The van der Waals surface area contributed by atoms with Gasteiger partial charge in [-0.3, -0.25) is 4.68 Å². The summed E-state index contributed by atoms with van der Waals surface area (Å²) >= 11 is 1.64. The Hall–Kier alpha value is -1.20. The molecule has 1 unspecified atom stereocenters. The average molecular weight is 194 g/mol. The molecule has 0 aromatic carbocycles. The molecule has 2 N–H and O–H groups in total. The molecule has 0 aliphatic carbocycles. The molecule has 0 saturated heterocycles. The van der Waals surface area contributed by atoms with Gasteiger partial charge in [-0.2, -0.15) is 0 Å². The first-order chi connectivity index (χ1) is 6.29. The van der Waals surface area contributed by atoms with E-state index in [0.717, 1.165) is 10.6 Å². The van der Waals surface area contributed by atoms with E-state index in [1.165, 1.54) is 0 Å². The van der Waals surface area contributed by atoms with Gasteiger partial charge in [-0.05, 0) is 11.4 Å². The van der Waals surface area contributed by atoms with Crippen molar-refractivity contribution in [3.63, 3.8) is 0 Å². The number of thiophene rings is 1. The van der Waals surface area contributed by atoms with Crippen LogP contribution >= 0.6 is 11.3 Å². The van der Waals surface area contributed by atoms with Crippen LogP contribution in [-0.2, 0) is 7.05 Å². The minimum absolute atomic E-state index is 0.111. The van der Waals surface area contributed by atoms with Crippen molar-refractivity contribution in [1.29, 1.82) is 0 Å². The van der Waals surface area contributed by atoms with E-state index in [2.05, 4.69) is 10.3 Å². The Morgan fingerprint density at radius 3 is 3.00 bits per heavy atom. The van der Waals surface area contributed by atoms with Crippen molar-refractivity contribution in [3.8, 4) is 0 Å². The van der Waals surface area contributed by atoms with Crippen LogP contribution in [0.25, 0.3) is 0 Å². The lowest BCUT2D eigenvalue weighted by atomic mass is 10.2. The van der Waals surface area contributed by atoms with Gasteiger partial charge < -0.3 is 5.73 Å². The fourth-order valence-electron chi connectivity index (χ4n) is 1.19. The molecule has 2 heterocycles. The smallest absolute Gasteiger partial charge is 0.0833 e. The summed E-state index contributed by atoms with van der Waals surface area (Å²) in [6.07, 6.45) is 1.70. The van der Waals surface area contributed by atoms with Crippen molar-refractivity contribution >= 4 is 11.3 Å². The van der Waals surface area contributed by atoms with Crippen molar-refractivity contribution in [2.45, 2.75) is 6.04 Å². The molecule has 2 aromatic heterocycles. The molecular weight excluding hydrogens is 184 g/mol. The average Bonchev–Trinajstić information content (AvgIpc) is 2.72. The SMILES string of the molecule is Cn1nncc1C(N)c1cccs1. The Morgan fingerprint density at radius 1 is 1.62 bits per heavy atom. The molecule has 0 aliphatic heterocycles. The second-order valence-electron chi connectivity index (χ2n) is 2.78. The van der Waals surface area contributed by atoms with E-state index < -0.39 is 0 Å². The van der Waals surface area contributed by atoms with Crippen molar-refractivity contribution < 1.29 is 0 Å². The first-order valence-corrected chi connectivity index (χ1v) is 4.80. The summed E-state index contributed by atoms with van der Waals surface area (Å²) in [5.74, 6) is 0. The van der Waals surface area contributed by atoms with Gasteiger partial charge in [0.2, 0.25) is 0 Å². The second kappa shape index (κ2) is 3.27. The van der Waals surface area contributed by atoms with E-state index in [4.69, 9.17) is 5.73 Å². The van der Waals surface area contributed by atoms with Crippen LogP contribution in [0, 0.1) is 0 Å². The van der Waals surface area contributed by atoms with Gasteiger partial charge >= 0.3 is 0 Å². The monoisotopic (exact) mass is 194 g/mol. The Labute approximate surface area is 80.0 Å². The molecule has 0 fully saturated rings. The highest BCUT2D eigenvalue weighted by Crippen LogP contribution is 2.22. The molecule has 2 aromatic rings. The number of nitrogens with two attached hydrogens (primary N) is 1. The maximum atomic E-state index is 6.02. The van der Waals surface area contributed by atoms with Crippen molar-refractivity contribution in [3.05, 3.63) is 34.3 Å². The van der Waals surface area contributed by atoms with Crippen LogP contribution in [0.15, 0.2) is 23.7 Å². The Kier molecular flexibility index (Phi) is 2.12. The maximum absolute atomic E-state index is 6.02. The van der Waals surface area contributed by atoms with Crippen LogP contribution in [0.4, 0.5) is 0 Å². The molecule has 0 saturated carbocycles. The van der Waals surface area contributed by atoms with Crippen molar-refractivity contribution in [2.75, 3.05) is 0 Å². The summed E-state index contributed by atoms with van der Waals surface area (Å²) in [5.41, 5.74) is 6.95. The van der Waals surface area contributed by atoms with Crippen molar-refractivity contribution in [1.82, 2.24) is 15.0 Å². The number of aromatic nitrogens is 3. The first kappa shape index (κ1) is 8.40. The zero-order valence-electron chi connectivity index (χ0n) is 7.21. The molecule has 0 amide bonds. The van der Waals surface area contributed by atoms with Crippen LogP contribution in [-0.4, -0.2) is 15.0 Å². The zero-order valence-corrected chi connectivity index (χ0v) is 8.03. The summed E-state index contributed by atoms with van der Waals surface area (Å²) in [4.78, 5) is 1.13. The third-order valence-corrected chi connectivity index (χ3v) is 2.87. The number of hydrogen-bond acceptors (Lipinski definition) is 4. The topological polar surface area (TPSA) is 56.7 Å². The minimum atomic E-state index is -0.111. The molecule has 68 valence electrons. The molecule has 1 atom stereocenters. The number of aryl methyl sites for hydroxylation is 1. The summed E-state index contributed by atoms with van der Waals surface area (Å²) < 4.78 is 1.70. The van der Waals surface area contributed by atoms with E-state index in [1.54, 1.807) is 22.2 Å². The van der Waals surface area contributed by atoms with Gasteiger partial charge in [0.05, 0.1) is 17.9 Å². The third kappa shape index (κ3) is 1.48. The quantitative estimate of drug-likeness (QED) is 0.773. The summed E-state index contributed by atoms with van der Waals surface area (Å²) in [5, 5.41) is 9.64. The fourth-order valence-corrected chi connectivity index (χ4v) is 1.93. The lowest BCUT2D eigenvalue weighted by Gasteiger charge is -2.07. The van der Waals surface area contributed by atoms with Crippen LogP contribution < -0.4 is 5.73 Å². The Morgan fingerprint density at radius 2 is 2.46 bits per heavy atom. The van der Waals surface area contributed by atoms with E-state index in [9.17, 15) is 0 Å². The van der Waals surface area contributed by atoms with Gasteiger partial charge in [0.15, 0.2) is 0 Å². The minimum Gasteiger partial charge on any atom is -0.318 e. The van der Waals surface area contributed by atoms with E-state index >= 15 is 0 Å². The van der Waals surface area contributed by atoms with Gasteiger partial charge in [-0.25, -0.2) is 0 Å². The zero-order chi connectivity index (χ0) is 9.26. The van der Waals surface area contributed by atoms with Crippen LogP contribution in [0.3, 0.4) is 0 Å². The van der Waals surface area contributed by atoms with Crippen LogP contribution in [0.2, 0.25) is 0 Å². The number of nitrogens with zero attached hydrogens (tertiary/aromatic N) is 3. The summed E-state index contributed by atoms with van der Waals surface area (Å²) in [6.45, 7) is 0. The normalized spacial score (nSPS) is 13.1. The van der Waals surface area contributed by atoms with Gasteiger partial charge in [0.1, 0.15) is 0 Å². The van der Waals surface area contributed by atoms with Crippen LogP contribution in [0.5, 0.6) is 0 Å². The molecule has 4 nitrogen and oxygen atoms in total. The lowest BCUT2D eigenvalue weighted by Crippen LogP contribution is -2.14. The third-order valence-electron chi connectivity index (χ3n) is 1.92. The van der Waals surface area contributed by atoms with E-state index in [1.807, 2.05) is 24.6 Å². The fraction of sp³-hybridized carbons (Fsp3) is 0.250. The predicted molar refractivity (Wildman–Crippen MR) is 51.4 cm³/mol. The molecule has 0 radical (unpaired) electrons. The lowest BCUT2D eigenvalue weighted by molar-refractivity contribution is 0.654. The highest BCUT2D eigenvalue weighted by atomic mass is 32.1. The maximum Gasteiger partial charge on any atom is 0.0833 e. The molecule has 0 bridgehead atoms. The standard InChI is InChI=1S/C8H10N4S/c1-12-6(5-10-11-12)8(9)7-3-2-4-13-7/h2-5,8H,9H2,1H3. The summed E-state index contributed by atoms with van der Waals surface area (Å²) in [6, 6.07) is 3.89. The Balaban J connectivity index is 2.33. The highest BCUT2D eigenvalue weighted by molar-refractivity contribution is 7.10. The van der Waals surface area contributed by atoms with Crippen molar-refractivity contribution in [2.24, 2.45) is 12.8 Å². The second-order valence-corrected chi connectivity index (χ2v) is 3.75. The highest BCUT2D eigenvalue weighted by Gasteiger charge is 2.13. The summed E-state index contributed by atoms with van der Waals surface area (Å²) in [7, 11) is 1.84. The van der Waals surface area contributed by atoms with Gasteiger partial charge in [-0.15, -0.1) is 16.4 Å². The number of hydrogen-bond donors (Lipinski definition) is 1. The van der Waals surface area contributed by atoms with Crippen LogP contribution in [0.1, 0.15) is 16.6 Å². The largest absolute Gasteiger partial charge is 0.318 e. The van der Waals surface area contributed by atoms with Gasteiger partial charge in [-0.1, -0.05) is 11.3 Å². The van der Waals surface area contributed by atoms with E-state index in [0.29, 0.717) is 0 Å². The molecular formula is C8H10N4S. The Bertz CT molecular complexity index is 379. The van der Waals surface area contributed by atoms with Gasteiger partial charge in [0.25, 0.3) is 0 Å². The molecule has 0 aliphatic rings. The molecule has 13 heavy (non-hydrogen) atoms.